The molecule has 0 aromatic rings. The van der Waals surface area contributed by atoms with Gasteiger partial charge in [0.25, 0.3) is 0 Å². The first-order valence-electron chi connectivity index (χ1n) is 26.3. The highest BCUT2D eigenvalue weighted by atomic mass is 16.6. The summed E-state index contributed by atoms with van der Waals surface area (Å²) in [5, 5.41) is 0. The predicted octanol–water partition coefficient (Wildman–Crippen LogP) is 17.2. The van der Waals surface area contributed by atoms with Crippen molar-refractivity contribution >= 4 is 17.9 Å². The molecule has 0 aromatic heterocycles. The third kappa shape index (κ3) is 46.9. The topological polar surface area (TPSA) is 78.9 Å². The second kappa shape index (κ2) is 49.5. The number of hydrogen-bond acceptors (Lipinski definition) is 6. The van der Waals surface area contributed by atoms with Crippen molar-refractivity contribution < 1.29 is 28.6 Å². The Morgan fingerprint density at radius 1 is 0.317 bits per heavy atom. The SMILES string of the molecule is CCCCCCCC/C=C\CCCCCC(=O)OC(COC(=O)CCCCCCC/C=C\CCCCCCCCC)COC(=O)CCCCCCCCCCCCCCC. The van der Waals surface area contributed by atoms with Gasteiger partial charge in [0.05, 0.1) is 0 Å². The number of rotatable bonds is 48. The summed E-state index contributed by atoms with van der Waals surface area (Å²) >= 11 is 0. The lowest BCUT2D eigenvalue weighted by Gasteiger charge is -2.18. The van der Waals surface area contributed by atoms with E-state index in [1.807, 2.05) is 0 Å². The minimum Gasteiger partial charge on any atom is -0.462 e. The van der Waals surface area contributed by atoms with E-state index in [0.29, 0.717) is 19.3 Å². The van der Waals surface area contributed by atoms with Crippen molar-refractivity contribution in [2.24, 2.45) is 0 Å². The number of esters is 3. The fourth-order valence-corrected chi connectivity index (χ4v) is 7.67. The van der Waals surface area contributed by atoms with Gasteiger partial charge in [-0.3, -0.25) is 14.4 Å². The number of unbranched alkanes of at least 4 members (excludes halogenated alkanes) is 33. The quantitative estimate of drug-likeness (QED) is 0.0263. The summed E-state index contributed by atoms with van der Waals surface area (Å²) in [6.07, 6.45) is 55.9. The van der Waals surface area contributed by atoms with Crippen molar-refractivity contribution in [2.45, 2.75) is 290 Å². The highest BCUT2D eigenvalue weighted by molar-refractivity contribution is 5.71. The van der Waals surface area contributed by atoms with Crippen LogP contribution in [0.15, 0.2) is 24.3 Å². The molecule has 0 spiro atoms. The van der Waals surface area contributed by atoms with E-state index < -0.39 is 6.10 Å². The van der Waals surface area contributed by atoms with Crippen LogP contribution < -0.4 is 0 Å². The molecule has 0 rings (SSSR count). The molecular weight excluding hydrogens is 745 g/mol. The molecule has 0 radical (unpaired) electrons. The van der Waals surface area contributed by atoms with Crippen LogP contribution in [0.2, 0.25) is 0 Å². The van der Waals surface area contributed by atoms with Crippen molar-refractivity contribution in [1.82, 2.24) is 0 Å². The molecular formula is C54H100O6. The molecule has 352 valence electrons. The van der Waals surface area contributed by atoms with Crippen LogP contribution in [0.25, 0.3) is 0 Å². The monoisotopic (exact) mass is 845 g/mol. The van der Waals surface area contributed by atoms with Gasteiger partial charge < -0.3 is 14.2 Å². The van der Waals surface area contributed by atoms with Crippen molar-refractivity contribution in [3.63, 3.8) is 0 Å². The molecule has 0 fully saturated rings. The van der Waals surface area contributed by atoms with Crippen LogP contribution in [-0.2, 0) is 28.6 Å². The van der Waals surface area contributed by atoms with E-state index in [4.69, 9.17) is 14.2 Å². The van der Waals surface area contributed by atoms with Crippen molar-refractivity contribution in [3.05, 3.63) is 24.3 Å². The summed E-state index contributed by atoms with van der Waals surface area (Å²) in [6, 6.07) is 0. The van der Waals surface area contributed by atoms with Crippen molar-refractivity contribution in [2.75, 3.05) is 13.2 Å². The maximum absolute atomic E-state index is 12.8. The van der Waals surface area contributed by atoms with Gasteiger partial charge in [0.15, 0.2) is 6.10 Å². The van der Waals surface area contributed by atoms with Gasteiger partial charge in [-0.25, -0.2) is 0 Å². The predicted molar refractivity (Wildman–Crippen MR) is 256 cm³/mol. The summed E-state index contributed by atoms with van der Waals surface area (Å²) in [7, 11) is 0. The zero-order chi connectivity index (χ0) is 43.7. The van der Waals surface area contributed by atoms with E-state index in [1.54, 1.807) is 0 Å². The lowest BCUT2D eigenvalue weighted by atomic mass is 10.0. The van der Waals surface area contributed by atoms with Gasteiger partial charge >= 0.3 is 17.9 Å². The Bertz CT molecular complexity index is 973. The third-order valence-electron chi connectivity index (χ3n) is 11.7. The molecule has 0 saturated heterocycles. The van der Waals surface area contributed by atoms with Gasteiger partial charge in [0.1, 0.15) is 13.2 Å². The van der Waals surface area contributed by atoms with Crippen LogP contribution in [0.1, 0.15) is 284 Å². The number of carbonyl (C=O) groups is 3. The molecule has 6 heteroatoms. The number of allylic oxidation sites excluding steroid dienone is 4. The zero-order valence-electron chi connectivity index (χ0n) is 40.2. The Kier molecular flexibility index (Phi) is 47.8. The minimum absolute atomic E-state index is 0.0762. The molecule has 1 unspecified atom stereocenters. The first-order valence-corrected chi connectivity index (χ1v) is 26.3. The minimum atomic E-state index is -0.777. The van der Waals surface area contributed by atoms with Crippen LogP contribution in [0.4, 0.5) is 0 Å². The lowest BCUT2D eigenvalue weighted by molar-refractivity contribution is -0.167. The Morgan fingerprint density at radius 2 is 0.550 bits per heavy atom. The van der Waals surface area contributed by atoms with Crippen LogP contribution in [0.3, 0.4) is 0 Å². The second-order valence-corrected chi connectivity index (χ2v) is 17.8. The molecule has 0 amide bonds. The average Bonchev–Trinajstić information content (AvgIpc) is 3.24. The van der Waals surface area contributed by atoms with Gasteiger partial charge in [0, 0.05) is 19.3 Å². The molecule has 0 aliphatic heterocycles. The smallest absolute Gasteiger partial charge is 0.306 e. The van der Waals surface area contributed by atoms with E-state index in [9.17, 15) is 14.4 Å². The largest absolute Gasteiger partial charge is 0.462 e. The molecule has 0 saturated carbocycles. The molecule has 0 heterocycles. The second-order valence-electron chi connectivity index (χ2n) is 17.8. The molecule has 6 nitrogen and oxygen atoms in total. The third-order valence-corrected chi connectivity index (χ3v) is 11.7. The van der Waals surface area contributed by atoms with Gasteiger partial charge in [-0.2, -0.15) is 0 Å². The summed E-state index contributed by atoms with van der Waals surface area (Å²) in [4.78, 5) is 37.9. The standard InChI is InChI=1S/C54H100O6/c1-4-7-10-13-16-19-22-25-26-27-30-32-35-38-41-44-47-53(56)59-50-51(60-54(57)48-45-42-39-36-33-29-24-21-18-15-12-9-6-3)49-58-52(55)46-43-40-37-34-31-28-23-20-17-14-11-8-5-2/h26-27,29,33,51H,4-25,28,30-32,34-50H2,1-3H3/b27-26-,33-29-. The Hall–Kier alpha value is -2.11. The molecule has 0 bridgehead atoms. The van der Waals surface area contributed by atoms with Gasteiger partial charge in [-0.05, 0) is 70.6 Å². The van der Waals surface area contributed by atoms with E-state index in [-0.39, 0.29) is 31.1 Å². The van der Waals surface area contributed by atoms with Gasteiger partial charge in [-0.1, -0.05) is 218 Å². The summed E-state index contributed by atoms with van der Waals surface area (Å²) < 4.78 is 16.8. The maximum atomic E-state index is 12.8. The highest BCUT2D eigenvalue weighted by Gasteiger charge is 2.19. The average molecular weight is 845 g/mol. The van der Waals surface area contributed by atoms with E-state index >= 15 is 0 Å². The molecule has 0 N–H and O–H groups in total. The van der Waals surface area contributed by atoms with Crippen molar-refractivity contribution in [3.8, 4) is 0 Å². The highest BCUT2D eigenvalue weighted by Crippen LogP contribution is 2.15. The molecule has 60 heavy (non-hydrogen) atoms. The number of carbonyl (C=O) groups excluding carboxylic acids is 3. The van der Waals surface area contributed by atoms with Crippen LogP contribution in [-0.4, -0.2) is 37.2 Å². The normalized spacial score (nSPS) is 12.1. The first-order chi connectivity index (χ1) is 29.5. The van der Waals surface area contributed by atoms with E-state index in [0.717, 1.165) is 77.0 Å². The fraction of sp³-hybridized carbons (Fsp3) is 0.870. The molecule has 0 aliphatic rings. The maximum Gasteiger partial charge on any atom is 0.306 e. The summed E-state index contributed by atoms with van der Waals surface area (Å²) in [6.45, 7) is 6.63. The number of hydrogen-bond donors (Lipinski definition) is 0. The van der Waals surface area contributed by atoms with Crippen LogP contribution in [0.5, 0.6) is 0 Å². The fourth-order valence-electron chi connectivity index (χ4n) is 7.67. The van der Waals surface area contributed by atoms with E-state index in [2.05, 4.69) is 45.1 Å². The molecule has 1 atom stereocenters. The van der Waals surface area contributed by atoms with Crippen LogP contribution >= 0.6 is 0 Å². The molecule has 0 aromatic carbocycles. The van der Waals surface area contributed by atoms with Crippen molar-refractivity contribution in [1.29, 1.82) is 0 Å². The van der Waals surface area contributed by atoms with E-state index in [1.165, 1.54) is 167 Å². The lowest BCUT2D eigenvalue weighted by Crippen LogP contribution is -2.30. The van der Waals surface area contributed by atoms with Gasteiger partial charge in [-0.15, -0.1) is 0 Å². The Labute approximate surface area is 373 Å². The van der Waals surface area contributed by atoms with Gasteiger partial charge in [0.2, 0.25) is 0 Å². The first kappa shape index (κ1) is 57.9. The Morgan fingerprint density at radius 3 is 0.850 bits per heavy atom. The summed E-state index contributed by atoms with van der Waals surface area (Å²) in [5.74, 6) is -0.888. The Balaban J connectivity index is 4.36. The zero-order valence-corrected chi connectivity index (χ0v) is 40.2. The molecule has 0 aliphatic carbocycles. The number of ether oxygens (including phenoxy) is 3. The van der Waals surface area contributed by atoms with Crippen LogP contribution in [0, 0.1) is 0 Å². The summed E-state index contributed by atoms with van der Waals surface area (Å²) in [5.41, 5.74) is 0.